The summed E-state index contributed by atoms with van der Waals surface area (Å²) in [7, 11) is 1.88. The van der Waals surface area contributed by atoms with E-state index in [4.69, 9.17) is 5.73 Å². The summed E-state index contributed by atoms with van der Waals surface area (Å²) in [5.41, 5.74) is 5.92. The number of aryl methyl sites for hydroxylation is 1. The van der Waals surface area contributed by atoms with Gasteiger partial charge < -0.3 is 5.73 Å². The van der Waals surface area contributed by atoms with E-state index < -0.39 is 0 Å². The highest BCUT2D eigenvalue weighted by atomic mass is 15.3. The van der Waals surface area contributed by atoms with Gasteiger partial charge in [0.2, 0.25) is 0 Å². The number of amidine groups is 1. The summed E-state index contributed by atoms with van der Waals surface area (Å²) in [6, 6.07) is 1.88. The van der Waals surface area contributed by atoms with Gasteiger partial charge in [-0.05, 0) is 12.8 Å². The minimum atomic E-state index is 0.483. The van der Waals surface area contributed by atoms with Crippen molar-refractivity contribution in [3.63, 3.8) is 0 Å². The van der Waals surface area contributed by atoms with Crippen LogP contribution < -0.4 is 5.73 Å². The van der Waals surface area contributed by atoms with E-state index in [1.165, 1.54) is 25.7 Å². The van der Waals surface area contributed by atoms with Gasteiger partial charge in [0.25, 0.3) is 0 Å². The number of nitrogens with two attached hydrogens (primary N) is 1. The van der Waals surface area contributed by atoms with Crippen molar-refractivity contribution in [3.8, 4) is 0 Å². The van der Waals surface area contributed by atoms with E-state index in [0.29, 0.717) is 5.92 Å². The topological polar surface area (TPSA) is 56.2 Å². The summed E-state index contributed by atoms with van der Waals surface area (Å²) in [6.07, 6.45) is 6.80. The SMILES string of the molecule is Cn1ccc(N=C(N)C2CCCC2)n1. The van der Waals surface area contributed by atoms with Crippen LogP contribution in [0.4, 0.5) is 5.82 Å². The largest absolute Gasteiger partial charge is 0.387 e. The molecular formula is C10H16N4. The predicted octanol–water partition coefficient (Wildman–Crippen LogP) is 1.60. The molecule has 1 aromatic rings. The third-order valence-electron chi connectivity index (χ3n) is 2.72. The normalized spacial score (nSPS) is 19.1. The van der Waals surface area contributed by atoms with Crippen LogP contribution in [0.2, 0.25) is 0 Å². The van der Waals surface area contributed by atoms with Gasteiger partial charge in [0.05, 0.1) is 0 Å². The Balaban J connectivity index is 2.09. The Morgan fingerprint density at radius 2 is 2.29 bits per heavy atom. The second kappa shape index (κ2) is 3.82. The van der Waals surface area contributed by atoms with Crippen molar-refractivity contribution in [3.05, 3.63) is 12.3 Å². The number of hydrogen-bond donors (Lipinski definition) is 1. The summed E-state index contributed by atoms with van der Waals surface area (Å²) in [4.78, 5) is 4.32. The molecule has 2 N–H and O–H groups in total. The number of hydrogen-bond acceptors (Lipinski definition) is 2. The van der Waals surface area contributed by atoms with E-state index in [0.717, 1.165) is 11.7 Å². The maximum absolute atomic E-state index is 5.92. The van der Waals surface area contributed by atoms with Crippen molar-refractivity contribution in [2.24, 2.45) is 23.7 Å². The number of rotatable bonds is 2. The van der Waals surface area contributed by atoms with Crippen LogP contribution in [0.1, 0.15) is 25.7 Å². The summed E-state index contributed by atoms with van der Waals surface area (Å²) >= 11 is 0. The highest BCUT2D eigenvalue weighted by Crippen LogP contribution is 2.25. The molecule has 1 saturated carbocycles. The molecule has 4 heteroatoms. The second-order valence-electron chi connectivity index (χ2n) is 3.87. The Labute approximate surface area is 83.8 Å². The zero-order valence-corrected chi connectivity index (χ0v) is 8.48. The highest BCUT2D eigenvalue weighted by Gasteiger charge is 2.18. The third kappa shape index (κ3) is 1.95. The minimum Gasteiger partial charge on any atom is -0.387 e. The van der Waals surface area contributed by atoms with Crippen molar-refractivity contribution in [1.29, 1.82) is 0 Å². The van der Waals surface area contributed by atoms with Crippen LogP contribution in [0.15, 0.2) is 17.3 Å². The fourth-order valence-corrected chi connectivity index (χ4v) is 1.91. The van der Waals surface area contributed by atoms with Gasteiger partial charge in [-0.3, -0.25) is 4.68 Å². The smallest absolute Gasteiger partial charge is 0.175 e. The van der Waals surface area contributed by atoms with Crippen LogP contribution in [0.5, 0.6) is 0 Å². The quantitative estimate of drug-likeness (QED) is 0.571. The van der Waals surface area contributed by atoms with Crippen LogP contribution in [-0.4, -0.2) is 15.6 Å². The fourth-order valence-electron chi connectivity index (χ4n) is 1.91. The van der Waals surface area contributed by atoms with E-state index in [9.17, 15) is 0 Å². The molecule has 0 aromatic carbocycles. The molecule has 14 heavy (non-hydrogen) atoms. The Bertz CT molecular complexity index is 334. The van der Waals surface area contributed by atoms with Gasteiger partial charge in [0.15, 0.2) is 5.82 Å². The van der Waals surface area contributed by atoms with E-state index >= 15 is 0 Å². The lowest BCUT2D eigenvalue weighted by molar-refractivity contribution is 0.719. The van der Waals surface area contributed by atoms with E-state index in [-0.39, 0.29) is 0 Å². The first-order valence-corrected chi connectivity index (χ1v) is 5.09. The summed E-state index contributed by atoms with van der Waals surface area (Å²) < 4.78 is 1.74. The monoisotopic (exact) mass is 192 g/mol. The molecule has 1 fully saturated rings. The molecule has 0 unspecified atom stereocenters. The Hall–Kier alpha value is -1.32. The molecule has 2 rings (SSSR count). The molecule has 0 bridgehead atoms. The maximum atomic E-state index is 5.92. The number of aliphatic imine (C=N–C) groups is 1. The molecule has 1 aliphatic rings. The Morgan fingerprint density at radius 3 is 2.86 bits per heavy atom. The summed E-state index contributed by atoms with van der Waals surface area (Å²) in [6.45, 7) is 0. The van der Waals surface area contributed by atoms with Gasteiger partial charge >= 0.3 is 0 Å². The van der Waals surface area contributed by atoms with Gasteiger partial charge in [-0.25, -0.2) is 4.99 Å². The lowest BCUT2D eigenvalue weighted by atomic mass is 10.1. The van der Waals surface area contributed by atoms with Gasteiger partial charge in [0.1, 0.15) is 5.84 Å². The minimum absolute atomic E-state index is 0.483. The third-order valence-corrected chi connectivity index (χ3v) is 2.72. The lowest BCUT2D eigenvalue weighted by Gasteiger charge is -2.06. The molecule has 0 spiro atoms. The highest BCUT2D eigenvalue weighted by molar-refractivity contribution is 5.85. The van der Waals surface area contributed by atoms with Crippen molar-refractivity contribution in [1.82, 2.24) is 9.78 Å². The molecule has 0 amide bonds. The zero-order chi connectivity index (χ0) is 9.97. The number of nitrogens with zero attached hydrogens (tertiary/aromatic N) is 3. The van der Waals surface area contributed by atoms with Crippen LogP contribution in [0.3, 0.4) is 0 Å². The molecular weight excluding hydrogens is 176 g/mol. The summed E-state index contributed by atoms with van der Waals surface area (Å²) in [5, 5.41) is 4.17. The molecule has 0 aliphatic heterocycles. The molecule has 0 atom stereocenters. The van der Waals surface area contributed by atoms with Crippen molar-refractivity contribution in [2.75, 3.05) is 0 Å². The van der Waals surface area contributed by atoms with Gasteiger partial charge in [0, 0.05) is 25.2 Å². The molecule has 1 aromatic heterocycles. The molecule has 76 valence electrons. The molecule has 0 radical (unpaired) electrons. The van der Waals surface area contributed by atoms with Crippen molar-refractivity contribution < 1.29 is 0 Å². The maximum Gasteiger partial charge on any atom is 0.175 e. The first kappa shape index (κ1) is 9.24. The molecule has 4 nitrogen and oxygen atoms in total. The average Bonchev–Trinajstić information content (AvgIpc) is 2.75. The van der Waals surface area contributed by atoms with Crippen LogP contribution in [0.25, 0.3) is 0 Å². The fraction of sp³-hybridized carbons (Fsp3) is 0.600. The Kier molecular flexibility index (Phi) is 2.52. The van der Waals surface area contributed by atoms with E-state index in [1.807, 2.05) is 19.3 Å². The van der Waals surface area contributed by atoms with Crippen LogP contribution in [0, 0.1) is 5.92 Å². The lowest BCUT2D eigenvalue weighted by Crippen LogP contribution is -2.20. The standard InChI is InChI=1S/C10H16N4/c1-14-7-6-9(13-14)12-10(11)8-4-2-3-5-8/h6-8H,2-5H2,1H3,(H2,11,12,13). The molecule has 1 aliphatic carbocycles. The average molecular weight is 192 g/mol. The van der Waals surface area contributed by atoms with Crippen LogP contribution in [-0.2, 0) is 7.05 Å². The van der Waals surface area contributed by atoms with E-state index in [2.05, 4.69) is 10.1 Å². The van der Waals surface area contributed by atoms with Crippen molar-refractivity contribution in [2.45, 2.75) is 25.7 Å². The second-order valence-corrected chi connectivity index (χ2v) is 3.87. The first-order chi connectivity index (χ1) is 6.75. The predicted molar refractivity (Wildman–Crippen MR) is 56.4 cm³/mol. The van der Waals surface area contributed by atoms with Gasteiger partial charge in [-0.15, -0.1) is 0 Å². The van der Waals surface area contributed by atoms with Gasteiger partial charge in [-0.1, -0.05) is 12.8 Å². The molecule has 0 saturated heterocycles. The Morgan fingerprint density at radius 1 is 1.57 bits per heavy atom. The van der Waals surface area contributed by atoms with E-state index in [1.54, 1.807) is 4.68 Å². The van der Waals surface area contributed by atoms with Crippen molar-refractivity contribution >= 4 is 11.7 Å². The molecule has 1 heterocycles. The van der Waals surface area contributed by atoms with Crippen LogP contribution >= 0.6 is 0 Å². The summed E-state index contributed by atoms with van der Waals surface area (Å²) in [5.74, 6) is 1.95. The number of aromatic nitrogens is 2. The van der Waals surface area contributed by atoms with Gasteiger partial charge in [-0.2, -0.15) is 5.10 Å². The zero-order valence-electron chi connectivity index (χ0n) is 8.48. The first-order valence-electron chi connectivity index (χ1n) is 5.09.